The molecule has 9 heteroatoms. The standard InChI is InChI=1S/C16H18N2O7/c1-5-25-16(22)13(9(2)19)18-17-12-7-10(14(20)23-3)6-11(8-12)15(21)24-4/h6-8,19H,5H2,1-4H3. The number of azo groups is 1. The van der Waals surface area contributed by atoms with Crippen LogP contribution in [0.25, 0.3) is 0 Å². The van der Waals surface area contributed by atoms with Gasteiger partial charge < -0.3 is 19.3 Å². The van der Waals surface area contributed by atoms with E-state index in [1.807, 2.05) is 0 Å². The highest BCUT2D eigenvalue weighted by Gasteiger charge is 2.16. The minimum absolute atomic E-state index is 0.0433. The summed E-state index contributed by atoms with van der Waals surface area (Å²) in [5.41, 5.74) is -0.236. The number of hydrogen-bond acceptors (Lipinski definition) is 9. The molecule has 134 valence electrons. The molecule has 25 heavy (non-hydrogen) atoms. The van der Waals surface area contributed by atoms with E-state index in [9.17, 15) is 19.5 Å². The van der Waals surface area contributed by atoms with Gasteiger partial charge in [0.05, 0.1) is 37.6 Å². The maximum atomic E-state index is 11.7. The van der Waals surface area contributed by atoms with Crippen LogP contribution >= 0.6 is 0 Å². The molecule has 0 bridgehead atoms. The highest BCUT2D eigenvalue weighted by atomic mass is 16.5. The van der Waals surface area contributed by atoms with E-state index < -0.39 is 23.6 Å². The van der Waals surface area contributed by atoms with Gasteiger partial charge in [0.25, 0.3) is 0 Å². The van der Waals surface area contributed by atoms with Crippen molar-refractivity contribution in [2.24, 2.45) is 10.2 Å². The fourth-order valence-corrected chi connectivity index (χ4v) is 1.71. The lowest BCUT2D eigenvalue weighted by Gasteiger charge is -2.05. The minimum atomic E-state index is -0.858. The lowest BCUT2D eigenvalue weighted by Crippen LogP contribution is -2.08. The average Bonchev–Trinajstić information content (AvgIpc) is 2.60. The first-order chi connectivity index (χ1) is 11.8. The van der Waals surface area contributed by atoms with E-state index in [0.717, 1.165) is 0 Å². The zero-order chi connectivity index (χ0) is 19.0. The molecule has 0 spiro atoms. The van der Waals surface area contributed by atoms with E-state index in [4.69, 9.17) is 4.74 Å². The SMILES string of the molecule is CCOC(=O)C(N=Nc1cc(C(=O)OC)cc(C(=O)OC)c1)=C(C)O. The molecule has 0 atom stereocenters. The number of esters is 3. The van der Waals surface area contributed by atoms with Crippen molar-refractivity contribution in [3.8, 4) is 0 Å². The van der Waals surface area contributed by atoms with Crippen molar-refractivity contribution in [1.82, 2.24) is 0 Å². The summed E-state index contributed by atoms with van der Waals surface area (Å²) in [6, 6.07) is 3.88. The number of carbonyl (C=O) groups is 3. The van der Waals surface area contributed by atoms with E-state index in [0.29, 0.717) is 0 Å². The number of rotatable bonds is 6. The van der Waals surface area contributed by atoms with Crippen molar-refractivity contribution in [3.05, 3.63) is 40.8 Å². The molecule has 0 saturated carbocycles. The van der Waals surface area contributed by atoms with Crippen molar-refractivity contribution in [2.45, 2.75) is 13.8 Å². The molecule has 1 rings (SSSR count). The molecule has 0 heterocycles. The fourth-order valence-electron chi connectivity index (χ4n) is 1.71. The second-order valence-electron chi connectivity index (χ2n) is 4.61. The van der Waals surface area contributed by atoms with Crippen molar-refractivity contribution in [3.63, 3.8) is 0 Å². The molecule has 0 radical (unpaired) electrons. The van der Waals surface area contributed by atoms with Gasteiger partial charge in [0.1, 0.15) is 5.76 Å². The Labute approximate surface area is 143 Å². The van der Waals surface area contributed by atoms with Crippen molar-refractivity contribution < 1.29 is 33.7 Å². The van der Waals surface area contributed by atoms with Gasteiger partial charge in [-0.3, -0.25) is 0 Å². The van der Waals surface area contributed by atoms with Crippen LogP contribution in [0.1, 0.15) is 34.6 Å². The number of hydrogen-bond donors (Lipinski definition) is 1. The maximum absolute atomic E-state index is 11.7. The third-order valence-electron chi connectivity index (χ3n) is 2.84. The van der Waals surface area contributed by atoms with E-state index in [2.05, 4.69) is 19.7 Å². The van der Waals surface area contributed by atoms with Gasteiger partial charge in [0.2, 0.25) is 5.70 Å². The minimum Gasteiger partial charge on any atom is -0.510 e. The lowest BCUT2D eigenvalue weighted by molar-refractivity contribution is -0.138. The van der Waals surface area contributed by atoms with Gasteiger partial charge in [-0.15, -0.1) is 5.11 Å². The predicted octanol–water partition coefficient (Wildman–Crippen LogP) is 2.70. The number of aliphatic hydroxyl groups excluding tert-OH is 1. The van der Waals surface area contributed by atoms with Crippen LogP contribution in [0.4, 0.5) is 5.69 Å². The highest BCUT2D eigenvalue weighted by molar-refractivity contribution is 5.96. The maximum Gasteiger partial charge on any atom is 0.362 e. The van der Waals surface area contributed by atoms with E-state index in [-0.39, 0.29) is 29.2 Å². The van der Waals surface area contributed by atoms with Gasteiger partial charge in [0, 0.05) is 0 Å². The first-order valence-corrected chi connectivity index (χ1v) is 7.14. The van der Waals surface area contributed by atoms with Gasteiger partial charge in [-0.2, -0.15) is 5.11 Å². The number of aliphatic hydroxyl groups is 1. The van der Waals surface area contributed by atoms with Crippen LogP contribution in [-0.2, 0) is 19.0 Å². The van der Waals surface area contributed by atoms with Crippen LogP contribution in [0.3, 0.4) is 0 Å². The van der Waals surface area contributed by atoms with Crippen LogP contribution in [0.5, 0.6) is 0 Å². The Kier molecular flexibility index (Phi) is 7.26. The topological polar surface area (TPSA) is 124 Å². The molecule has 0 aromatic heterocycles. The lowest BCUT2D eigenvalue weighted by atomic mass is 10.1. The normalized spacial score (nSPS) is 11.7. The summed E-state index contributed by atoms with van der Waals surface area (Å²) in [5.74, 6) is -2.63. The smallest absolute Gasteiger partial charge is 0.362 e. The molecule has 0 aliphatic rings. The molecular weight excluding hydrogens is 332 g/mol. The Balaban J connectivity index is 3.31. The Hall–Kier alpha value is -3.23. The Bertz CT molecular complexity index is 700. The first kappa shape index (κ1) is 19.8. The number of carbonyl (C=O) groups excluding carboxylic acids is 3. The van der Waals surface area contributed by atoms with Gasteiger partial charge in [0.15, 0.2) is 0 Å². The summed E-state index contributed by atoms with van der Waals surface area (Å²) in [4.78, 5) is 35.1. The third kappa shape index (κ3) is 5.41. The van der Waals surface area contributed by atoms with Crippen molar-refractivity contribution >= 4 is 23.6 Å². The Morgan fingerprint density at radius 3 is 1.96 bits per heavy atom. The Morgan fingerprint density at radius 2 is 1.56 bits per heavy atom. The molecule has 0 saturated heterocycles. The van der Waals surface area contributed by atoms with Crippen LogP contribution in [0.2, 0.25) is 0 Å². The van der Waals surface area contributed by atoms with E-state index in [1.165, 1.54) is 39.3 Å². The fraction of sp³-hybridized carbons (Fsp3) is 0.312. The number of ether oxygens (including phenoxy) is 3. The monoisotopic (exact) mass is 350 g/mol. The summed E-state index contributed by atoms with van der Waals surface area (Å²) in [7, 11) is 2.37. The molecule has 1 aromatic rings. The second kappa shape index (κ2) is 9.16. The first-order valence-electron chi connectivity index (χ1n) is 7.14. The Morgan fingerprint density at radius 1 is 1.04 bits per heavy atom. The third-order valence-corrected chi connectivity index (χ3v) is 2.84. The summed E-state index contributed by atoms with van der Waals surface area (Å²) in [6.45, 7) is 2.94. The molecule has 0 aliphatic heterocycles. The molecule has 1 N–H and O–H groups in total. The molecular formula is C16H18N2O7. The largest absolute Gasteiger partial charge is 0.510 e. The summed E-state index contributed by atoms with van der Waals surface area (Å²) in [5, 5.41) is 16.9. The molecule has 0 fully saturated rings. The van der Waals surface area contributed by atoms with Gasteiger partial charge in [-0.1, -0.05) is 0 Å². The number of methoxy groups -OCH3 is 2. The number of allylic oxidation sites excluding steroid dienone is 1. The summed E-state index contributed by atoms with van der Waals surface area (Å²) in [6.07, 6.45) is 0. The zero-order valence-electron chi connectivity index (χ0n) is 14.2. The molecule has 1 aromatic carbocycles. The zero-order valence-corrected chi connectivity index (χ0v) is 14.2. The molecule has 0 aliphatic carbocycles. The summed E-state index contributed by atoms with van der Waals surface area (Å²) >= 11 is 0. The quantitative estimate of drug-likeness (QED) is 0.275. The highest BCUT2D eigenvalue weighted by Crippen LogP contribution is 2.21. The second-order valence-corrected chi connectivity index (χ2v) is 4.61. The van der Waals surface area contributed by atoms with Crippen LogP contribution in [0.15, 0.2) is 39.9 Å². The molecule has 9 nitrogen and oxygen atoms in total. The van der Waals surface area contributed by atoms with Crippen LogP contribution in [-0.4, -0.2) is 43.8 Å². The predicted molar refractivity (Wildman–Crippen MR) is 85.6 cm³/mol. The van der Waals surface area contributed by atoms with Crippen molar-refractivity contribution in [1.29, 1.82) is 0 Å². The van der Waals surface area contributed by atoms with E-state index >= 15 is 0 Å². The van der Waals surface area contributed by atoms with Gasteiger partial charge >= 0.3 is 17.9 Å². The van der Waals surface area contributed by atoms with Gasteiger partial charge in [-0.05, 0) is 32.0 Å². The number of benzene rings is 1. The van der Waals surface area contributed by atoms with Crippen LogP contribution in [0, 0.1) is 0 Å². The van der Waals surface area contributed by atoms with Crippen LogP contribution < -0.4 is 0 Å². The summed E-state index contributed by atoms with van der Waals surface area (Å²) < 4.78 is 14.0. The molecule has 0 amide bonds. The van der Waals surface area contributed by atoms with Crippen molar-refractivity contribution in [2.75, 3.05) is 20.8 Å². The van der Waals surface area contributed by atoms with Gasteiger partial charge in [-0.25, -0.2) is 14.4 Å². The molecule has 0 unspecified atom stereocenters. The number of nitrogens with zero attached hydrogens (tertiary/aromatic N) is 2. The average molecular weight is 350 g/mol. The van der Waals surface area contributed by atoms with E-state index in [1.54, 1.807) is 6.92 Å².